The molecule has 4 nitrogen and oxygen atoms in total. The van der Waals surface area contributed by atoms with E-state index in [-0.39, 0.29) is 12.5 Å². The third kappa shape index (κ3) is 3.27. The summed E-state index contributed by atoms with van der Waals surface area (Å²) in [5.74, 6) is 0.449. The maximum absolute atomic E-state index is 12.2. The number of hydrogen-bond donors (Lipinski definition) is 0. The van der Waals surface area contributed by atoms with E-state index >= 15 is 0 Å². The topological polar surface area (TPSA) is 44.1 Å². The van der Waals surface area contributed by atoms with E-state index < -0.39 is 0 Å². The highest BCUT2D eigenvalue weighted by atomic mass is 35.5. The Morgan fingerprint density at radius 1 is 1.33 bits per heavy atom. The lowest BCUT2D eigenvalue weighted by molar-refractivity contribution is 0.0818. The second-order valence-corrected chi connectivity index (χ2v) is 5.42. The first-order valence-electron chi connectivity index (χ1n) is 6.91. The standard InChI is InChI=1S/C16H19ClN2O2/c1-5-14-11(3)18-19(12(14)4)16(20)9-21-13-6-7-15(17)10(2)8-13/h6-8H,5,9H2,1-4H3. The summed E-state index contributed by atoms with van der Waals surface area (Å²) in [5, 5.41) is 4.97. The Labute approximate surface area is 129 Å². The third-order valence-corrected chi connectivity index (χ3v) is 3.95. The van der Waals surface area contributed by atoms with Crippen LogP contribution in [-0.2, 0) is 6.42 Å². The number of ether oxygens (including phenoxy) is 1. The van der Waals surface area contributed by atoms with Crippen molar-refractivity contribution in [1.29, 1.82) is 0 Å². The van der Waals surface area contributed by atoms with Crippen molar-refractivity contribution in [3.63, 3.8) is 0 Å². The lowest BCUT2D eigenvalue weighted by Crippen LogP contribution is -2.21. The van der Waals surface area contributed by atoms with Crippen LogP contribution in [0.5, 0.6) is 5.75 Å². The molecule has 0 spiro atoms. The Morgan fingerprint density at radius 2 is 2.05 bits per heavy atom. The lowest BCUT2D eigenvalue weighted by Gasteiger charge is -2.08. The fourth-order valence-corrected chi connectivity index (χ4v) is 2.46. The SMILES string of the molecule is CCc1c(C)nn(C(=O)COc2ccc(Cl)c(C)c2)c1C. The first kappa shape index (κ1) is 15.6. The Balaban J connectivity index is 2.10. The smallest absolute Gasteiger partial charge is 0.284 e. The zero-order chi connectivity index (χ0) is 15.6. The number of carbonyl (C=O) groups is 1. The van der Waals surface area contributed by atoms with Crippen LogP contribution in [0.15, 0.2) is 18.2 Å². The minimum atomic E-state index is -0.178. The molecule has 1 aromatic heterocycles. The summed E-state index contributed by atoms with van der Waals surface area (Å²) in [7, 11) is 0. The third-order valence-electron chi connectivity index (χ3n) is 3.52. The first-order valence-corrected chi connectivity index (χ1v) is 7.29. The van der Waals surface area contributed by atoms with Gasteiger partial charge >= 0.3 is 0 Å². The fraction of sp³-hybridized carbons (Fsp3) is 0.375. The van der Waals surface area contributed by atoms with Gasteiger partial charge in [0, 0.05) is 10.7 Å². The largest absolute Gasteiger partial charge is 0.484 e. The van der Waals surface area contributed by atoms with E-state index in [9.17, 15) is 4.79 Å². The van der Waals surface area contributed by atoms with Crippen molar-refractivity contribution in [2.24, 2.45) is 0 Å². The molecule has 0 aliphatic heterocycles. The van der Waals surface area contributed by atoms with Gasteiger partial charge in [0.05, 0.1) is 5.69 Å². The van der Waals surface area contributed by atoms with Crippen molar-refractivity contribution in [2.75, 3.05) is 6.61 Å². The molecule has 1 aromatic carbocycles. The summed E-state index contributed by atoms with van der Waals surface area (Å²) in [5.41, 5.74) is 3.81. The second kappa shape index (κ2) is 6.31. The van der Waals surface area contributed by atoms with Gasteiger partial charge in [0.25, 0.3) is 5.91 Å². The fourth-order valence-electron chi connectivity index (χ4n) is 2.34. The summed E-state index contributed by atoms with van der Waals surface area (Å²) in [4.78, 5) is 12.2. The predicted molar refractivity (Wildman–Crippen MR) is 83.4 cm³/mol. The molecule has 0 radical (unpaired) electrons. The van der Waals surface area contributed by atoms with Crippen LogP contribution >= 0.6 is 11.6 Å². The van der Waals surface area contributed by atoms with Crippen LogP contribution in [0.25, 0.3) is 0 Å². The quantitative estimate of drug-likeness (QED) is 0.864. The van der Waals surface area contributed by atoms with E-state index in [1.54, 1.807) is 12.1 Å². The average Bonchev–Trinajstić information content (AvgIpc) is 2.74. The highest BCUT2D eigenvalue weighted by molar-refractivity contribution is 6.31. The maximum atomic E-state index is 12.2. The zero-order valence-corrected chi connectivity index (χ0v) is 13.5. The van der Waals surface area contributed by atoms with E-state index in [4.69, 9.17) is 16.3 Å². The van der Waals surface area contributed by atoms with E-state index in [0.29, 0.717) is 10.8 Å². The number of nitrogens with zero attached hydrogens (tertiary/aromatic N) is 2. The van der Waals surface area contributed by atoms with Crippen molar-refractivity contribution in [3.05, 3.63) is 45.7 Å². The van der Waals surface area contributed by atoms with E-state index in [0.717, 1.165) is 28.9 Å². The van der Waals surface area contributed by atoms with Crippen LogP contribution in [0.1, 0.15) is 34.2 Å². The number of rotatable bonds is 4. The Morgan fingerprint density at radius 3 is 2.62 bits per heavy atom. The van der Waals surface area contributed by atoms with Crippen molar-refractivity contribution in [1.82, 2.24) is 9.78 Å². The van der Waals surface area contributed by atoms with Crippen LogP contribution in [0.2, 0.25) is 5.02 Å². The van der Waals surface area contributed by atoms with Gasteiger partial charge in [-0.1, -0.05) is 18.5 Å². The molecule has 2 aromatic rings. The number of aryl methyl sites for hydroxylation is 2. The summed E-state index contributed by atoms with van der Waals surface area (Å²) in [6, 6.07) is 5.32. The molecule has 1 heterocycles. The van der Waals surface area contributed by atoms with Crippen LogP contribution in [0, 0.1) is 20.8 Å². The van der Waals surface area contributed by atoms with Gasteiger partial charge in [-0.25, -0.2) is 4.68 Å². The summed E-state index contributed by atoms with van der Waals surface area (Å²) in [6.45, 7) is 7.72. The highest BCUT2D eigenvalue weighted by Crippen LogP contribution is 2.21. The van der Waals surface area contributed by atoms with Gasteiger partial charge in [0.15, 0.2) is 6.61 Å². The predicted octanol–water partition coefficient (Wildman–Crippen LogP) is 3.74. The van der Waals surface area contributed by atoms with Crippen molar-refractivity contribution < 1.29 is 9.53 Å². The molecule has 2 rings (SSSR count). The molecule has 0 atom stereocenters. The normalized spacial score (nSPS) is 10.7. The lowest BCUT2D eigenvalue weighted by atomic mass is 10.1. The number of halogens is 1. The van der Waals surface area contributed by atoms with Gasteiger partial charge in [-0.3, -0.25) is 4.79 Å². The minimum absolute atomic E-state index is 0.0494. The Kier molecular flexibility index (Phi) is 4.68. The van der Waals surface area contributed by atoms with Crippen molar-refractivity contribution in [2.45, 2.75) is 34.1 Å². The van der Waals surface area contributed by atoms with Gasteiger partial charge in [0.1, 0.15) is 5.75 Å². The molecule has 0 N–H and O–H groups in total. The Hall–Kier alpha value is -1.81. The molecule has 0 bridgehead atoms. The zero-order valence-electron chi connectivity index (χ0n) is 12.7. The summed E-state index contributed by atoms with van der Waals surface area (Å²) >= 11 is 5.96. The van der Waals surface area contributed by atoms with Crippen molar-refractivity contribution >= 4 is 17.5 Å². The number of benzene rings is 1. The van der Waals surface area contributed by atoms with E-state index in [2.05, 4.69) is 12.0 Å². The van der Waals surface area contributed by atoms with E-state index in [1.807, 2.05) is 26.8 Å². The van der Waals surface area contributed by atoms with Gasteiger partial charge in [-0.15, -0.1) is 0 Å². The molecular formula is C16H19ClN2O2. The highest BCUT2D eigenvalue weighted by Gasteiger charge is 2.15. The molecule has 21 heavy (non-hydrogen) atoms. The summed E-state index contributed by atoms with van der Waals surface area (Å²) < 4.78 is 6.95. The maximum Gasteiger partial charge on any atom is 0.284 e. The number of carbonyl (C=O) groups excluding carboxylic acids is 1. The molecule has 0 unspecified atom stereocenters. The Bertz CT molecular complexity index is 677. The molecule has 112 valence electrons. The molecule has 0 saturated carbocycles. The van der Waals surface area contributed by atoms with E-state index in [1.165, 1.54) is 4.68 Å². The monoisotopic (exact) mass is 306 g/mol. The molecule has 0 saturated heterocycles. The molecule has 5 heteroatoms. The second-order valence-electron chi connectivity index (χ2n) is 5.01. The van der Waals surface area contributed by atoms with Gasteiger partial charge in [-0.2, -0.15) is 5.10 Å². The van der Waals surface area contributed by atoms with Crippen molar-refractivity contribution in [3.8, 4) is 5.75 Å². The first-order chi connectivity index (χ1) is 9.93. The van der Waals surface area contributed by atoms with Crippen LogP contribution in [-0.4, -0.2) is 22.3 Å². The average molecular weight is 307 g/mol. The van der Waals surface area contributed by atoms with Crippen LogP contribution in [0.4, 0.5) is 0 Å². The molecular weight excluding hydrogens is 288 g/mol. The van der Waals surface area contributed by atoms with Gasteiger partial charge in [-0.05, 0) is 56.5 Å². The minimum Gasteiger partial charge on any atom is -0.484 e. The number of aromatic nitrogens is 2. The summed E-state index contributed by atoms with van der Waals surface area (Å²) in [6.07, 6.45) is 0.863. The number of hydrogen-bond acceptors (Lipinski definition) is 3. The molecule has 0 amide bonds. The van der Waals surface area contributed by atoms with Crippen LogP contribution in [0.3, 0.4) is 0 Å². The molecule has 0 aliphatic rings. The van der Waals surface area contributed by atoms with Crippen LogP contribution < -0.4 is 4.74 Å². The molecule has 0 aliphatic carbocycles. The van der Waals surface area contributed by atoms with Gasteiger partial charge < -0.3 is 4.74 Å². The molecule has 0 fully saturated rings. The van der Waals surface area contributed by atoms with Gasteiger partial charge in [0.2, 0.25) is 0 Å².